The van der Waals surface area contributed by atoms with Crippen LogP contribution in [0.1, 0.15) is 37.8 Å². The molecule has 0 saturated heterocycles. The number of benzene rings is 1. The van der Waals surface area contributed by atoms with Gasteiger partial charge in [-0.25, -0.2) is 4.39 Å². The normalized spacial score (nSPS) is 14.9. The van der Waals surface area contributed by atoms with E-state index in [1.807, 2.05) is 31.2 Å². The molecule has 1 nitrogen and oxygen atoms in total. The SMILES string of the molecule is CCCC(F)(CN)c1ccc(CC)cc1. The molecule has 1 aromatic carbocycles. The van der Waals surface area contributed by atoms with Crippen LogP contribution in [0, 0.1) is 0 Å². The second-order valence-electron chi connectivity index (χ2n) is 3.97. The largest absolute Gasteiger partial charge is 0.327 e. The number of alkyl halides is 1. The molecule has 0 amide bonds. The van der Waals surface area contributed by atoms with Gasteiger partial charge in [0.1, 0.15) is 5.67 Å². The Morgan fingerprint density at radius 2 is 1.80 bits per heavy atom. The van der Waals surface area contributed by atoms with Gasteiger partial charge in [-0.2, -0.15) is 0 Å². The molecule has 0 aliphatic rings. The lowest BCUT2D eigenvalue weighted by Gasteiger charge is -2.23. The van der Waals surface area contributed by atoms with Crippen LogP contribution >= 0.6 is 0 Å². The fourth-order valence-electron chi connectivity index (χ4n) is 1.80. The molecule has 1 unspecified atom stereocenters. The Hall–Kier alpha value is -0.890. The van der Waals surface area contributed by atoms with E-state index in [1.165, 1.54) is 5.56 Å². The number of hydrogen-bond acceptors (Lipinski definition) is 1. The molecule has 0 saturated carbocycles. The van der Waals surface area contributed by atoms with Gasteiger partial charge in [-0.1, -0.05) is 44.5 Å². The van der Waals surface area contributed by atoms with E-state index in [0.717, 1.165) is 12.8 Å². The van der Waals surface area contributed by atoms with Crippen LogP contribution in [0.25, 0.3) is 0 Å². The maximum atomic E-state index is 14.4. The van der Waals surface area contributed by atoms with Crippen molar-refractivity contribution in [3.63, 3.8) is 0 Å². The standard InChI is InChI=1S/C13H20FN/c1-3-9-13(14,10-15)12-7-5-11(4-2)6-8-12/h5-8H,3-4,9-10,15H2,1-2H3. The fourth-order valence-corrected chi connectivity index (χ4v) is 1.80. The number of aryl methyl sites for hydroxylation is 1. The molecule has 0 aromatic heterocycles. The Bertz CT molecular complexity index is 294. The van der Waals surface area contributed by atoms with Gasteiger partial charge in [0.15, 0.2) is 0 Å². The van der Waals surface area contributed by atoms with Crippen molar-refractivity contribution in [1.82, 2.24) is 0 Å². The Labute approximate surface area is 91.5 Å². The van der Waals surface area contributed by atoms with Crippen molar-refractivity contribution in [2.24, 2.45) is 5.73 Å². The lowest BCUT2D eigenvalue weighted by Crippen LogP contribution is -2.30. The molecule has 0 radical (unpaired) electrons. The summed E-state index contributed by atoms with van der Waals surface area (Å²) < 4.78 is 14.4. The van der Waals surface area contributed by atoms with E-state index in [1.54, 1.807) is 0 Å². The van der Waals surface area contributed by atoms with Crippen molar-refractivity contribution in [2.45, 2.75) is 38.8 Å². The summed E-state index contributed by atoms with van der Waals surface area (Å²) >= 11 is 0. The zero-order valence-electron chi connectivity index (χ0n) is 9.59. The molecular formula is C13H20FN. The predicted molar refractivity (Wildman–Crippen MR) is 62.6 cm³/mol. The van der Waals surface area contributed by atoms with Crippen molar-refractivity contribution >= 4 is 0 Å². The van der Waals surface area contributed by atoms with Crippen molar-refractivity contribution in [3.8, 4) is 0 Å². The van der Waals surface area contributed by atoms with Gasteiger partial charge in [-0.15, -0.1) is 0 Å². The van der Waals surface area contributed by atoms with Gasteiger partial charge < -0.3 is 5.73 Å². The Morgan fingerprint density at radius 3 is 2.20 bits per heavy atom. The third-order valence-electron chi connectivity index (χ3n) is 2.85. The minimum atomic E-state index is -1.35. The zero-order valence-corrected chi connectivity index (χ0v) is 9.59. The van der Waals surface area contributed by atoms with Crippen LogP contribution in [0.2, 0.25) is 0 Å². The minimum absolute atomic E-state index is 0.0618. The summed E-state index contributed by atoms with van der Waals surface area (Å²) in [6.45, 7) is 4.13. The van der Waals surface area contributed by atoms with E-state index in [2.05, 4.69) is 6.92 Å². The molecule has 2 heteroatoms. The summed E-state index contributed by atoms with van der Waals surface area (Å²) in [5, 5.41) is 0. The molecule has 0 fully saturated rings. The highest BCUT2D eigenvalue weighted by molar-refractivity contribution is 5.27. The highest BCUT2D eigenvalue weighted by Gasteiger charge is 2.28. The average molecular weight is 209 g/mol. The van der Waals surface area contributed by atoms with Gasteiger partial charge in [-0.3, -0.25) is 0 Å². The van der Waals surface area contributed by atoms with Crippen molar-refractivity contribution in [2.75, 3.05) is 6.54 Å². The van der Waals surface area contributed by atoms with E-state index < -0.39 is 5.67 Å². The molecule has 1 rings (SSSR count). The summed E-state index contributed by atoms with van der Waals surface area (Å²) in [6, 6.07) is 7.69. The summed E-state index contributed by atoms with van der Waals surface area (Å²) in [5.74, 6) is 0. The molecule has 0 aliphatic heterocycles. The molecule has 15 heavy (non-hydrogen) atoms. The van der Waals surface area contributed by atoms with Crippen LogP contribution in [-0.4, -0.2) is 6.54 Å². The second kappa shape index (κ2) is 5.26. The Morgan fingerprint density at radius 1 is 1.20 bits per heavy atom. The van der Waals surface area contributed by atoms with E-state index >= 15 is 0 Å². The first-order valence-corrected chi connectivity index (χ1v) is 5.64. The lowest BCUT2D eigenvalue weighted by atomic mass is 9.90. The van der Waals surface area contributed by atoms with E-state index in [4.69, 9.17) is 5.73 Å². The van der Waals surface area contributed by atoms with Crippen LogP contribution in [0.3, 0.4) is 0 Å². The maximum absolute atomic E-state index is 14.4. The van der Waals surface area contributed by atoms with Gasteiger partial charge in [-0.05, 0) is 24.0 Å². The lowest BCUT2D eigenvalue weighted by molar-refractivity contribution is 0.159. The molecule has 1 aromatic rings. The summed E-state index contributed by atoms with van der Waals surface area (Å²) in [5.41, 5.74) is 6.12. The number of hydrogen-bond donors (Lipinski definition) is 1. The second-order valence-corrected chi connectivity index (χ2v) is 3.97. The molecular weight excluding hydrogens is 189 g/mol. The van der Waals surface area contributed by atoms with Crippen molar-refractivity contribution in [3.05, 3.63) is 35.4 Å². The van der Waals surface area contributed by atoms with Gasteiger partial charge in [0.05, 0.1) is 0 Å². The first-order chi connectivity index (χ1) is 7.16. The van der Waals surface area contributed by atoms with E-state index in [0.29, 0.717) is 12.0 Å². The number of rotatable bonds is 5. The molecule has 0 spiro atoms. The topological polar surface area (TPSA) is 26.0 Å². The van der Waals surface area contributed by atoms with Gasteiger partial charge in [0.25, 0.3) is 0 Å². The number of halogens is 1. The predicted octanol–water partition coefficient (Wildman–Crippen LogP) is 3.17. The van der Waals surface area contributed by atoms with Crippen LogP contribution < -0.4 is 5.73 Å². The van der Waals surface area contributed by atoms with E-state index in [9.17, 15) is 4.39 Å². The highest BCUT2D eigenvalue weighted by atomic mass is 19.1. The molecule has 0 bridgehead atoms. The van der Waals surface area contributed by atoms with E-state index in [-0.39, 0.29) is 6.54 Å². The van der Waals surface area contributed by atoms with Crippen LogP contribution in [0.15, 0.2) is 24.3 Å². The smallest absolute Gasteiger partial charge is 0.148 e. The van der Waals surface area contributed by atoms with Crippen LogP contribution in [-0.2, 0) is 12.1 Å². The molecule has 0 heterocycles. The third-order valence-corrected chi connectivity index (χ3v) is 2.85. The van der Waals surface area contributed by atoms with Gasteiger partial charge in [0, 0.05) is 6.54 Å². The molecule has 84 valence electrons. The Balaban J connectivity index is 2.92. The fraction of sp³-hybridized carbons (Fsp3) is 0.538. The van der Waals surface area contributed by atoms with Crippen LogP contribution in [0.4, 0.5) is 4.39 Å². The first kappa shape index (κ1) is 12.2. The molecule has 1 atom stereocenters. The quantitative estimate of drug-likeness (QED) is 0.792. The monoisotopic (exact) mass is 209 g/mol. The van der Waals surface area contributed by atoms with Crippen molar-refractivity contribution in [1.29, 1.82) is 0 Å². The average Bonchev–Trinajstić information content (AvgIpc) is 2.29. The van der Waals surface area contributed by atoms with Gasteiger partial charge in [0.2, 0.25) is 0 Å². The summed E-state index contributed by atoms with van der Waals surface area (Å²) in [4.78, 5) is 0. The van der Waals surface area contributed by atoms with Crippen LogP contribution in [0.5, 0.6) is 0 Å². The number of nitrogens with two attached hydrogens (primary N) is 1. The van der Waals surface area contributed by atoms with Crippen molar-refractivity contribution < 1.29 is 4.39 Å². The first-order valence-electron chi connectivity index (χ1n) is 5.64. The third kappa shape index (κ3) is 2.78. The molecule has 2 N–H and O–H groups in total. The van der Waals surface area contributed by atoms with Gasteiger partial charge >= 0.3 is 0 Å². The summed E-state index contributed by atoms with van der Waals surface area (Å²) in [6.07, 6.45) is 2.29. The maximum Gasteiger partial charge on any atom is 0.148 e. The highest BCUT2D eigenvalue weighted by Crippen LogP contribution is 2.30. The minimum Gasteiger partial charge on any atom is -0.327 e. The summed E-state index contributed by atoms with van der Waals surface area (Å²) in [7, 11) is 0. The Kier molecular flexibility index (Phi) is 4.28. The zero-order chi connectivity index (χ0) is 11.3. The molecule has 0 aliphatic carbocycles.